The van der Waals surface area contributed by atoms with Gasteiger partial charge in [0.1, 0.15) is 5.75 Å². The predicted molar refractivity (Wildman–Crippen MR) is 42.0 cm³/mol. The van der Waals surface area contributed by atoms with Gasteiger partial charge in [-0.1, -0.05) is 12.1 Å². The van der Waals surface area contributed by atoms with E-state index in [9.17, 15) is 17.3 Å². The van der Waals surface area contributed by atoms with Crippen LogP contribution in [0.4, 0.5) is 17.3 Å². The van der Waals surface area contributed by atoms with E-state index in [2.05, 4.69) is 6.07 Å². The molecule has 6 heteroatoms. The Labute approximate surface area is 73.4 Å². The molecule has 0 aliphatic rings. The van der Waals surface area contributed by atoms with Crippen molar-refractivity contribution in [3.05, 3.63) is 30.3 Å². The highest BCUT2D eigenvalue weighted by Gasteiger charge is 2.20. The Morgan fingerprint density at radius 1 is 1.15 bits per heavy atom. The molecule has 1 nitrogen and oxygen atoms in total. The molecule has 1 rings (SSSR count). The number of hydrogen-bond donors (Lipinski definition) is 0. The third-order valence-electron chi connectivity index (χ3n) is 0.923. The van der Waals surface area contributed by atoms with Crippen LogP contribution in [0.3, 0.4) is 0 Å². The molecule has 1 aromatic rings. The molecular formula is C7H7BF4O-. The fourth-order valence-electron chi connectivity index (χ4n) is 0.508. The lowest BCUT2D eigenvalue weighted by Crippen LogP contribution is -2.02. The highest BCUT2D eigenvalue weighted by molar-refractivity contribution is 6.50. The van der Waals surface area contributed by atoms with Crippen molar-refractivity contribution in [1.82, 2.24) is 0 Å². The van der Waals surface area contributed by atoms with Gasteiger partial charge in [0.05, 0.1) is 7.11 Å². The molecular weight excluding hydrogens is 187 g/mol. The van der Waals surface area contributed by atoms with Gasteiger partial charge in [0.15, 0.2) is 0 Å². The van der Waals surface area contributed by atoms with Crippen molar-refractivity contribution in [2.75, 3.05) is 7.11 Å². The van der Waals surface area contributed by atoms with Gasteiger partial charge in [-0.05, 0) is 18.2 Å². The van der Waals surface area contributed by atoms with Gasteiger partial charge in [0.2, 0.25) is 0 Å². The highest BCUT2D eigenvalue weighted by atomic mass is 19.5. The van der Waals surface area contributed by atoms with Gasteiger partial charge in [0.25, 0.3) is 0 Å². The molecule has 0 bridgehead atoms. The monoisotopic (exact) mass is 194 g/mol. The van der Waals surface area contributed by atoms with Gasteiger partial charge in [-0.25, -0.2) is 0 Å². The van der Waals surface area contributed by atoms with Crippen LogP contribution in [0, 0.1) is 6.07 Å². The fourth-order valence-corrected chi connectivity index (χ4v) is 0.508. The smallest absolute Gasteiger partial charge is 0.497 e. The summed E-state index contributed by atoms with van der Waals surface area (Å²) in [5.74, 6) is 0.878. The summed E-state index contributed by atoms with van der Waals surface area (Å²) in [5, 5.41) is 0. The molecule has 0 N–H and O–H groups in total. The molecule has 0 atom stereocenters. The fraction of sp³-hybridized carbons (Fsp3) is 0.143. The Morgan fingerprint density at radius 2 is 1.54 bits per heavy atom. The van der Waals surface area contributed by atoms with E-state index in [1.807, 2.05) is 24.3 Å². The van der Waals surface area contributed by atoms with Gasteiger partial charge in [-0.2, -0.15) is 0 Å². The third kappa shape index (κ3) is 10.8. The molecule has 73 valence electrons. The summed E-state index contributed by atoms with van der Waals surface area (Å²) in [4.78, 5) is 0. The van der Waals surface area contributed by atoms with E-state index in [4.69, 9.17) is 4.74 Å². The molecule has 13 heavy (non-hydrogen) atoms. The van der Waals surface area contributed by atoms with Gasteiger partial charge >= 0.3 is 7.25 Å². The van der Waals surface area contributed by atoms with Crippen LogP contribution in [-0.2, 0) is 0 Å². The summed E-state index contributed by atoms with van der Waals surface area (Å²) in [6.07, 6.45) is 0. The zero-order valence-electron chi connectivity index (χ0n) is 6.81. The van der Waals surface area contributed by atoms with E-state index >= 15 is 0 Å². The summed E-state index contributed by atoms with van der Waals surface area (Å²) in [6, 6.07) is 10.2. The lowest BCUT2D eigenvalue weighted by molar-refractivity contribution is 0.368. The molecule has 0 saturated carbocycles. The number of rotatable bonds is 1. The minimum atomic E-state index is -6.00. The number of hydrogen-bond acceptors (Lipinski definition) is 1. The molecule has 1 aromatic carbocycles. The Morgan fingerprint density at radius 3 is 1.77 bits per heavy atom. The Balaban J connectivity index is 0.000000252. The quantitative estimate of drug-likeness (QED) is 0.493. The van der Waals surface area contributed by atoms with Crippen LogP contribution in [0.15, 0.2) is 24.3 Å². The zero-order valence-corrected chi connectivity index (χ0v) is 6.81. The van der Waals surface area contributed by atoms with Gasteiger partial charge in [-0.15, -0.1) is 0 Å². The number of halogens is 4. The summed E-state index contributed by atoms with van der Waals surface area (Å²) in [7, 11) is -4.35. The Bertz CT molecular complexity index is 218. The zero-order chi connectivity index (χ0) is 10.3. The first-order chi connectivity index (χ1) is 5.93. The summed E-state index contributed by atoms with van der Waals surface area (Å²) in [6.45, 7) is 0. The molecule has 0 aromatic heterocycles. The van der Waals surface area contributed by atoms with Crippen molar-refractivity contribution in [2.24, 2.45) is 0 Å². The van der Waals surface area contributed by atoms with Crippen molar-refractivity contribution < 1.29 is 22.0 Å². The maximum absolute atomic E-state index is 9.75. The van der Waals surface area contributed by atoms with Crippen molar-refractivity contribution in [3.8, 4) is 5.75 Å². The standard InChI is InChI=1S/C7H7O.BF4/c1-8-7-5-3-2-4-6-7;2-1(3,4)5/h3-6H,1H3;/q;-1. The summed E-state index contributed by atoms with van der Waals surface area (Å²) >= 11 is 0. The normalized spacial score (nSPS) is 9.92. The Hall–Kier alpha value is -1.20. The lowest BCUT2D eigenvalue weighted by Gasteiger charge is -1.94. The second-order valence-corrected chi connectivity index (χ2v) is 1.93. The van der Waals surface area contributed by atoms with Crippen LogP contribution < -0.4 is 4.74 Å². The van der Waals surface area contributed by atoms with E-state index in [-0.39, 0.29) is 0 Å². The van der Waals surface area contributed by atoms with E-state index < -0.39 is 7.25 Å². The van der Waals surface area contributed by atoms with Crippen molar-refractivity contribution >= 4 is 7.25 Å². The molecule has 0 unspecified atom stereocenters. The topological polar surface area (TPSA) is 9.23 Å². The van der Waals surface area contributed by atoms with Crippen molar-refractivity contribution in [3.63, 3.8) is 0 Å². The number of methoxy groups -OCH3 is 1. The molecule has 0 spiro atoms. The van der Waals surface area contributed by atoms with Gasteiger partial charge < -0.3 is 22.0 Å². The number of benzene rings is 1. The minimum Gasteiger partial charge on any atom is -0.497 e. The van der Waals surface area contributed by atoms with Crippen LogP contribution in [-0.4, -0.2) is 14.4 Å². The van der Waals surface area contributed by atoms with E-state index in [1.165, 1.54) is 0 Å². The first-order valence-electron chi connectivity index (χ1n) is 3.31. The first kappa shape index (κ1) is 11.8. The maximum atomic E-state index is 9.75. The third-order valence-corrected chi connectivity index (χ3v) is 0.923. The van der Waals surface area contributed by atoms with Crippen LogP contribution in [0.1, 0.15) is 0 Å². The minimum absolute atomic E-state index is 0.878. The molecule has 0 aliphatic carbocycles. The van der Waals surface area contributed by atoms with Crippen molar-refractivity contribution in [1.29, 1.82) is 0 Å². The molecule has 0 saturated heterocycles. The SMILES string of the molecule is COc1cc[c]cc1.F[B-](F)(F)F. The first-order valence-corrected chi connectivity index (χ1v) is 3.31. The van der Waals surface area contributed by atoms with E-state index in [0.29, 0.717) is 0 Å². The molecule has 0 aliphatic heterocycles. The van der Waals surface area contributed by atoms with E-state index in [1.54, 1.807) is 7.11 Å². The second-order valence-electron chi connectivity index (χ2n) is 1.93. The molecule has 0 heterocycles. The largest absolute Gasteiger partial charge is 0.673 e. The maximum Gasteiger partial charge on any atom is 0.673 e. The molecule has 1 radical (unpaired) electrons. The second kappa shape index (κ2) is 5.45. The van der Waals surface area contributed by atoms with Crippen molar-refractivity contribution in [2.45, 2.75) is 0 Å². The number of ether oxygens (including phenoxy) is 1. The Kier molecular flexibility index (Phi) is 4.95. The van der Waals surface area contributed by atoms with E-state index in [0.717, 1.165) is 5.75 Å². The van der Waals surface area contributed by atoms with Crippen LogP contribution in [0.5, 0.6) is 5.75 Å². The lowest BCUT2D eigenvalue weighted by atomic mass is 10.3. The van der Waals surface area contributed by atoms with Crippen LogP contribution >= 0.6 is 0 Å². The van der Waals surface area contributed by atoms with Crippen LogP contribution in [0.25, 0.3) is 0 Å². The summed E-state index contributed by atoms with van der Waals surface area (Å²) in [5.41, 5.74) is 0. The average Bonchev–Trinajstić information content (AvgIpc) is 2.03. The summed E-state index contributed by atoms with van der Waals surface area (Å²) < 4.78 is 43.9. The molecule has 0 fully saturated rings. The highest BCUT2D eigenvalue weighted by Crippen LogP contribution is 2.06. The average molecular weight is 194 g/mol. The van der Waals surface area contributed by atoms with Crippen LogP contribution in [0.2, 0.25) is 0 Å². The predicted octanol–water partition coefficient (Wildman–Crippen LogP) is 2.80. The van der Waals surface area contributed by atoms with Gasteiger partial charge in [-0.3, -0.25) is 0 Å². The van der Waals surface area contributed by atoms with Gasteiger partial charge in [0, 0.05) is 0 Å². The molecule has 0 amide bonds.